The Morgan fingerprint density at radius 1 is 1.00 bits per heavy atom. The highest BCUT2D eigenvalue weighted by Gasteiger charge is 1.94. The summed E-state index contributed by atoms with van der Waals surface area (Å²) < 4.78 is 0. The van der Waals surface area contributed by atoms with Crippen molar-refractivity contribution in [3.8, 4) is 0 Å². The standard InChI is InChI=1S/C15H33N3/c1-4-5-6-7-8-9-10-11-12-17-15(16)18-13-14(2)3/h14H,4-13H2,1-3H3,(H3,16,17,18). The molecular weight excluding hydrogens is 222 g/mol. The van der Waals surface area contributed by atoms with E-state index in [0.717, 1.165) is 13.1 Å². The lowest BCUT2D eigenvalue weighted by molar-refractivity contribution is 0.572. The monoisotopic (exact) mass is 255 g/mol. The maximum Gasteiger partial charge on any atom is 0.188 e. The largest absolute Gasteiger partial charge is 0.370 e. The molecule has 0 fully saturated rings. The van der Waals surface area contributed by atoms with E-state index in [2.05, 4.69) is 31.1 Å². The number of hydrogen-bond donors (Lipinski definition) is 2. The van der Waals surface area contributed by atoms with Gasteiger partial charge in [-0.2, -0.15) is 0 Å². The first kappa shape index (κ1) is 17.3. The van der Waals surface area contributed by atoms with Gasteiger partial charge in [-0.15, -0.1) is 0 Å². The van der Waals surface area contributed by atoms with Gasteiger partial charge in [0, 0.05) is 13.1 Å². The molecule has 0 rings (SSSR count). The number of nitrogens with two attached hydrogens (primary N) is 1. The molecule has 0 amide bonds. The van der Waals surface area contributed by atoms with Crippen LogP contribution in [0.2, 0.25) is 0 Å². The molecule has 0 aromatic heterocycles. The van der Waals surface area contributed by atoms with Gasteiger partial charge in [0.25, 0.3) is 0 Å². The van der Waals surface area contributed by atoms with E-state index < -0.39 is 0 Å². The summed E-state index contributed by atoms with van der Waals surface area (Å²) in [5, 5.41) is 3.18. The number of rotatable bonds is 11. The van der Waals surface area contributed by atoms with E-state index in [-0.39, 0.29) is 0 Å². The van der Waals surface area contributed by atoms with Crippen molar-refractivity contribution in [2.45, 2.75) is 72.1 Å². The zero-order valence-corrected chi connectivity index (χ0v) is 12.7. The van der Waals surface area contributed by atoms with E-state index in [1.807, 2.05) is 0 Å². The Morgan fingerprint density at radius 3 is 2.11 bits per heavy atom. The van der Waals surface area contributed by atoms with E-state index in [1.54, 1.807) is 0 Å². The molecule has 0 saturated carbocycles. The van der Waals surface area contributed by atoms with E-state index in [0.29, 0.717) is 11.9 Å². The number of hydrogen-bond acceptors (Lipinski definition) is 1. The van der Waals surface area contributed by atoms with Crippen LogP contribution in [0.1, 0.15) is 72.1 Å². The van der Waals surface area contributed by atoms with E-state index in [9.17, 15) is 0 Å². The molecule has 0 saturated heterocycles. The molecule has 0 unspecified atom stereocenters. The number of nitrogens with zero attached hydrogens (tertiary/aromatic N) is 1. The first-order valence-corrected chi connectivity index (χ1v) is 7.70. The van der Waals surface area contributed by atoms with Crippen LogP contribution >= 0.6 is 0 Å². The van der Waals surface area contributed by atoms with Crippen LogP contribution in [0, 0.1) is 5.92 Å². The van der Waals surface area contributed by atoms with Gasteiger partial charge in [0.2, 0.25) is 0 Å². The first-order chi connectivity index (χ1) is 8.66. The first-order valence-electron chi connectivity index (χ1n) is 7.70. The third-order valence-electron chi connectivity index (χ3n) is 2.96. The van der Waals surface area contributed by atoms with E-state index >= 15 is 0 Å². The summed E-state index contributed by atoms with van der Waals surface area (Å²) in [5.74, 6) is 1.18. The Bertz CT molecular complexity index is 200. The topological polar surface area (TPSA) is 50.4 Å². The molecule has 0 atom stereocenters. The third kappa shape index (κ3) is 13.3. The minimum absolute atomic E-state index is 0.577. The molecule has 3 nitrogen and oxygen atoms in total. The van der Waals surface area contributed by atoms with Gasteiger partial charge in [0.15, 0.2) is 5.96 Å². The fraction of sp³-hybridized carbons (Fsp3) is 0.933. The predicted molar refractivity (Wildman–Crippen MR) is 81.9 cm³/mol. The fourth-order valence-electron chi connectivity index (χ4n) is 1.81. The number of guanidine groups is 1. The molecule has 3 N–H and O–H groups in total. The van der Waals surface area contributed by atoms with Crippen LogP contribution in [0.5, 0.6) is 0 Å². The normalized spacial score (nSPS) is 12.1. The molecule has 0 bridgehead atoms. The predicted octanol–water partition coefficient (Wildman–Crippen LogP) is 3.69. The smallest absolute Gasteiger partial charge is 0.188 e. The molecule has 0 radical (unpaired) electrons. The molecule has 3 heteroatoms. The zero-order valence-electron chi connectivity index (χ0n) is 12.7. The third-order valence-corrected chi connectivity index (χ3v) is 2.96. The van der Waals surface area contributed by atoms with Gasteiger partial charge < -0.3 is 11.1 Å². The molecule has 0 aliphatic carbocycles. The summed E-state index contributed by atoms with van der Waals surface area (Å²) in [6.07, 6.45) is 10.8. The van der Waals surface area contributed by atoms with Crippen molar-refractivity contribution >= 4 is 5.96 Å². The Labute approximate surface area is 114 Å². The lowest BCUT2D eigenvalue weighted by Gasteiger charge is -2.06. The second-order valence-electron chi connectivity index (χ2n) is 5.52. The molecule has 108 valence electrons. The van der Waals surface area contributed by atoms with E-state index in [4.69, 9.17) is 5.73 Å². The molecule has 0 aliphatic heterocycles. The minimum Gasteiger partial charge on any atom is -0.370 e. The van der Waals surface area contributed by atoms with Gasteiger partial charge in [-0.05, 0) is 12.3 Å². The van der Waals surface area contributed by atoms with Crippen molar-refractivity contribution in [2.24, 2.45) is 16.6 Å². The molecule has 0 aliphatic rings. The van der Waals surface area contributed by atoms with Crippen LogP contribution in [-0.2, 0) is 0 Å². The van der Waals surface area contributed by atoms with Crippen molar-refractivity contribution < 1.29 is 0 Å². The molecule has 0 spiro atoms. The molecule has 0 aromatic carbocycles. The van der Waals surface area contributed by atoms with Gasteiger partial charge >= 0.3 is 0 Å². The summed E-state index contributed by atoms with van der Waals surface area (Å²) in [7, 11) is 0. The van der Waals surface area contributed by atoms with Crippen molar-refractivity contribution in [3.63, 3.8) is 0 Å². The molecular formula is C15H33N3. The summed E-state index contributed by atoms with van der Waals surface area (Å²) >= 11 is 0. The van der Waals surface area contributed by atoms with Gasteiger partial charge in [0.05, 0.1) is 0 Å². The average molecular weight is 255 g/mol. The van der Waals surface area contributed by atoms with Gasteiger partial charge in [-0.1, -0.05) is 65.7 Å². The molecule has 0 heterocycles. The highest BCUT2D eigenvalue weighted by molar-refractivity contribution is 5.77. The van der Waals surface area contributed by atoms with Crippen molar-refractivity contribution in [1.29, 1.82) is 0 Å². The van der Waals surface area contributed by atoms with Crippen molar-refractivity contribution in [1.82, 2.24) is 5.32 Å². The highest BCUT2D eigenvalue weighted by atomic mass is 15.1. The quantitative estimate of drug-likeness (QED) is 0.336. The van der Waals surface area contributed by atoms with Crippen LogP contribution in [0.4, 0.5) is 0 Å². The number of unbranched alkanes of at least 4 members (excludes halogenated alkanes) is 7. The average Bonchev–Trinajstić information content (AvgIpc) is 2.34. The highest BCUT2D eigenvalue weighted by Crippen LogP contribution is 2.07. The Morgan fingerprint density at radius 2 is 1.56 bits per heavy atom. The maximum atomic E-state index is 5.76. The van der Waals surface area contributed by atoms with Gasteiger partial charge in [-0.3, -0.25) is 4.99 Å². The van der Waals surface area contributed by atoms with Gasteiger partial charge in [0.1, 0.15) is 0 Å². The minimum atomic E-state index is 0.577. The summed E-state index contributed by atoms with van der Waals surface area (Å²) in [4.78, 5) is 4.27. The van der Waals surface area contributed by atoms with Crippen LogP contribution in [-0.4, -0.2) is 19.0 Å². The van der Waals surface area contributed by atoms with Gasteiger partial charge in [-0.25, -0.2) is 0 Å². The summed E-state index contributed by atoms with van der Waals surface area (Å²) in [6.45, 7) is 8.33. The lowest BCUT2D eigenvalue weighted by Crippen LogP contribution is -2.32. The number of aliphatic imine (C=N–C) groups is 1. The number of nitrogens with one attached hydrogen (secondary N) is 1. The second-order valence-corrected chi connectivity index (χ2v) is 5.52. The zero-order chi connectivity index (χ0) is 13.6. The van der Waals surface area contributed by atoms with Crippen LogP contribution in [0.15, 0.2) is 4.99 Å². The SMILES string of the molecule is CCCCCCCCCCNC(N)=NCC(C)C. The Kier molecular flexibility index (Phi) is 12.2. The molecule has 18 heavy (non-hydrogen) atoms. The van der Waals surface area contributed by atoms with E-state index in [1.165, 1.54) is 51.4 Å². The van der Waals surface area contributed by atoms with Crippen molar-refractivity contribution in [3.05, 3.63) is 0 Å². The maximum absolute atomic E-state index is 5.76. The Hall–Kier alpha value is -0.730. The van der Waals surface area contributed by atoms with Crippen molar-refractivity contribution in [2.75, 3.05) is 13.1 Å². The fourth-order valence-corrected chi connectivity index (χ4v) is 1.81. The second kappa shape index (κ2) is 12.7. The van der Waals surface area contributed by atoms with Crippen LogP contribution < -0.4 is 11.1 Å². The molecule has 0 aromatic rings. The van der Waals surface area contributed by atoms with Crippen LogP contribution in [0.25, 0.3) is 0 Å². The van der Waals surface area contributed by atoms with Crippen LogP contribution in [0.3, 0.4) is 0 Å². The Balaban J connectivity index is 3.22. The summed E-state index contributed by atoms with van der Waals surface area (Å²) in [5.41, 5.74) is 5.76. The lowest BCUT2D eigenvalue weighted by atomic mass is 10.1. The summed E-state index contributed by atoms with van der Waals surface area (Å²) in [6, 6.07) is 0.